The van der Waals surface area contributed by atoms with Gasteiger partial charge in [0.25, 0.3) is 5.91 Å². The quantitative estimate of drug-likeness (QED) is 0.860. The molecular formula is C17H22ClN3O. The lowest BCUT2D eigenvalue weighted by Gasteiger charge is -2.10. The molecule has 0 fully saturated rings. The number of amides is 1. The summed E-state index contributed by atoms with van der Waals surface area (Å²) >= 11 is 0. The number of hydrogen-bond donors (Lipinski definition) is 2. The Kier molecular flexibility index (Phi) is 7.57. The van der Waals surface area contributed by atoms with Gasteiger partial charge in [-0.25, -0.2) is 0 Å². The van der Waals surface area contributed by atoms with E-state index >= 15 is 0 Å². The predicted molar refractivity (Wildman–Crippen MR) is 91.5 cm³/mol. The van der Waals surface area contributed by atoms with Gasteiger partial charge in [0, 0.05) is 11.8 Å². The van der Waals surface area contributed by atoms with Gasteiger partial charge in [-0.15, -0.1) is 12.4 Å². The van der Waals surface area contributed by atoms with Crippen molar-refractivity contribution in [3.05, 3.63) is 65.0 Å². The fourth-order valence-electron chi connectivity index (χ4n) is 2.18. The molecule has 1 amide bonds. The normalized spacial score (nSPS) is 9.91. The van der Waals surface area contributed by atoms with Crippen molar-refractivity contribution in [2.45, 2.75) is 19.9 Å². The van der Waals surface area contributed by atoms with Crippen LogP contribution in [0.5, 0.6) is 0 Å². The number of carbonyl (C=O) groups excluding carboxylic acids is 1. The first-order chi connectivity index (χ1) is 10.2. The minimum atomic E-state index is -0.0493. The Labute approximate surface area is 137 Å². The fourth-order valence-corrected chi connectivity index (χ4v) is 2.18. The second-order valence-corrected chi connectivity index (χ2v) is 4.96. The average molecular weight is 320 g/mol. The third-order valence-electron chi connectivity index (χ3n) is 3.44. The van der Waals surface area contributed by atoms with Crippen molar-refractivity contribution in [3.63, 3.8) is 0 Å². The SMILES string of the molecule is CNCCc1ccccc1C(=O)NCc1ncccc1C.Cl. The summed E-state index contributed by atoms with van der Waals surface area (Å²) in [6.07, 6.45) is 2.58. The molecule has 2 aromatic rings. The third kappa shape index (κ3) is 4.83. The maximum Gasteiger partial charge on any atom is 0.251 e. The van der Waals surface area contributed by atoms with Crippen LogP contribution in [0.15, 0.2) is 42.6 Å². The highest BCUT2D eigenvalue weighted by molar-refractivity contribution is 5.95. The summed E-state index contributed by atoms with van der Waals surface area (Å²) in [6, 6.07) is 11.6. The molecule has 0 aliphatic carbocycles. The molecule has 0 unspecified atom stereocenters. The number of halogens is 1. The van der Waals surface area contributed by atoms with Gasteiger partial charge < -0.3 is 10.6 Å². The van der Waals surface area contributed by atoms with Gasteiger partial charge in [-0.05, 0) is 50.2 Å². The van der Waals surface area contributed by atoms with E-state index in [9.17, 15) is 4.79 Å². The van der Waals surface area contributed by atoms with Gasteiger partial charge in [-0.3, -0.25) is 9.78 Å². The van der Waals surface area contributed by atoms with Crippen molar-refractivity contribution in [2.75, 3.05) is 13.6 Å². The summed E-state index contributed by atoms with van der Waals surface area (Å²) in [7, 11) is 1.91. The zero-order valence-corrected chi connectivity index (χ0v) is 13.7. The first-order valence-corrected chi connectivity index (χ1v) is 7.13. The molecule has 0 saturated heterocycles. The molecule has 0 aliphatic rings. The maximum atomic E-state index is 12.4. The highest BCUT2D eigenvalue weighted by Crippen LogP contribution is 2.10. The van der Waals surface area contributed by atoms with E-state index in [1.54, 1.807) is 6.20 Å². The standard InChI is InChI=1S/C17H21N3O.ClH/c1-13-6-5-10-19-16(13)12-20-17(21)15-8-4-3-7-14(15)9-11-18-2;/h3-8,10,18H,9,11-12H2,1-2H3,(H,20,21);1H. The van der Waals surface area contributed by atoms with Crippen molar-refractivity contribution >= 4 is 18.3 Å². The van der Waals surface area contributed by atoms with E-state index in [4.69, 9.17) is 0 Å². The Bertz CT molecular complexity index is 616. The van der Waals surface area contributed by atoms with Crippen LogP contribution in [-0.2, 0) is 13.0 Å². The van der Waals surface area contributed by atoms with Crippen LogP contribution in [-0.4, -0.2) is 24.5 Å². The van der Waals surface area contributed by atoms with E-state index in [1.165, 1.54) is 0 Å². The lowest BCUT2D eigenvalue weighted by Crippen LogP contribution is -2.25. The Balaban J connectivity index is 0.00000242. The summed E-state index contributed by atoms with van der Waals surface area (Å²) in [5, 5.41) is 6.06. The third-order valence-corrected chi connectivity index (χ3v) is 3.44. The Morgan fingerprint density at radius 1 is 1.18 bits per heavy atom. The molecule has 1 aromatic heterocycles. The Morgan fingerprint density at radius 2 is 1.95 bits per heavy atom. The molecule has 0 atom stereocenters. The maximum absolute atomic E-state index is 12.4. The number of hydrogen-bond acceptors (Lipinski definition) is 3. The number of nitrogens with one attached hydrogen (secondary N) is 2. The average Bonchev–Trinajstić information content (AvgIpc) is 2.52. The fraction of sp³-hybridized carbons (Fsp3) is 0.294. The number of nitrogens with zero attached hydrogens (tertiary/aromatic N) is 1. The molecule has 22 heavy (non-hydrogen) atoms. The van der Waals surface area contributed by atoms with Crippen molar-refractivity contribution in [3.8, 4) is 0 Å². The number of benzene rings is 1. The van der Waals surface area contributed by atoms with Crippen LogP contribution in [0.4, 0.5) is 0 Å². The van der Waals surface area contributed by atoms with E-state index in [0.29, 0.717) is 6.54 Å². The number of pyridine rings is 1. The zero-order chi connectivity index (χ0) is 15.1. The lowest BCUT2D eigenvalue weighted by atomic mass is 10.0. The zero-order valence-electron chi connectivity index (χ0n) is 12.9. The van der Waals surface area contributed by atoms with E-state index in [2.05, 4.69) is 15.6 Å². The second kappa shape index (κ2) is 9.18. The molecule has 1 aromatic carbocycles. The van der Waals surface area contributed by atoms with Crippen LogP contribution in [0.25, 0.3) is 0 Å². The summed E-state index contributed by atoms with van der Waals surface area (Å²) in [6.45, 7) is 3.30. The molecule has 0 saturated carbocycles. The van der Waals surface area contributed by atoms with Gasteiger partial charge in [0.1, 0.15) is 0 Å². The van der Waals surface area contributed by atoms with Gasteiger partial charge in [0.05, 0.1) is 12.2 Å². The van der Waals surface area contributed by atoms with E-state index < -0.39 is 0 Å². The van der Waals surface area contributed by atoms with Gasteiger partial charge in [-0.2, -0.15) is 0 Å². The van der Waals surface area contributed by atoms with Gasteiger partial charge in [0.15, 0.2) is 0 Å². The topological polar surface area (TPSA) is 54.0 Å². The molecule has 2 rings (SSSR count). The van der Waals surface area contributed by atoms with Crippen LogP contribution in [0.3, 0.4) is 0 Å². The number of rotatable bonds is 6. The van der Waals surface area contributed by atoms with Crippen LogP contribution in [0.2, 0.25) is 0 Å². The number of likely N-dealkylation sites (N-methyl/N-ethyl adjacent to an activating group) is 1. The molecule has 0 aliphatic heterocycles. The van der Waals surface area contributed by atoms with Crippen LogP contribution >= 0.6 is 12.4 Å². The highest BCUT2D eigenvalue weighted by Gasteiger charge is 2.10. The van der Waals surface area contributed by atoms with Crippen molar-refractivity contribution < 1.29 is 4.79 Å². The largest absolute Gasteiger partial charge is 0.346 e. The summed E-state index contributed by atoms with van der Waals surface area (Å²) < 4.78 is 0. The van der Waals surface area contributed by atoms with Gasteiger partial charge in [0.2, 0.25) is 0 Å². The molecule has 0 spiro atoms. The van der Waals surface area contributed by atoms with Crippen molar-refractivity contribution in [1.29, 1.82) is 0 Å². The summed E-state index contributed by atoms with van der Waals surface area (Å²) in [5.41, 5.74) is 3.78. The molecule has 1 heterocycles. The smallest absolute Gasteiger partial charge is 0.251 e. The predicted octanol–water partition coefficient (Wildman–Crippen LogP) is 2.50. The summed E-state index contributed by atoms with van der Waals surface area (Å²) in [5.74, 6) is -0.0493. The van der Waals surface area contributed by atoms with Gasteiger partial charge >= 0.3 is 0 Å². The number of aryl methyl sites for hydroxylation is 1. The van der Waals surface area contributed by atoms with Crippen molar-refractivity contribution in [2.24, 2.45) is 0 Å². The van der Waals surface area contributed by atoms with Crippen LogP contribution in [0, 0.1) is 6.92 Å². The Morgan fingerprint density at radius 3 is 2.68 bits per heavy atom. The first kappa shape index (κ1) is 18.1. The number of aromatic nitrogens is 1. The first-order valence-electron chi connectivity index (χ1n) is 7.13. The summed E-state index contributed by atoms with van der Waals surface area (Å²) in [4.78, 5) is 16.6. The monoisotopic (exact) mass is 319 g/mol. The van der Waals surface area contributed by atoms with E-state index in [0.717, 1.165) is 35.3 Å². The molecule has 0 bridgehead atoms. The minimum absolute atomic E-state index is 0. The van der Waals surface area contributed by atoms with Crippen LogP contribution in [0.1, 0.15) is 27.2 Å². The van der Waals surface area contributed by atoms with E-state index in [-0.39, 0.29) is 18.3 Å². The molecule has 2 N–H and O–H groups in total. The number of carbonyl (C=O) groups is 1. The molecular weight excluding hydrogens is 298 g/mol. The molecule has 4 nitrogen and oxygen atoms in total. The minimum Gasteiger partial charge on any atom is -0.346 e. The lowest BCUT2D eigenvalue weighted by molar-refractivity contribution is 0.0949. The molecule has 5 heteroatoms. The van der Waals surface area contributed by atoms with Crippen LogP contribution < -0.4 is 10.6 Å². The van der Waals surface area contributed by atoms with E-state index in [1.807, 2.05) is 50.4 Å². The highest BCUT2D eigenvalue weighted by atomic mass is 35.5. The Hall–Kier alpha value is -1.91. The van der Waals surface area contributed by atoms with Crippen molar-refractivity contribution in [1.82, 2.24) is 15.6 Å². The molecule has 118 valence electrons. The van der Waals surface area contributed by atoms with Gasteiger partial charge in [-0.1, -0.05) is 24.3 Å². The molecule has 0 radical (unpaired) electrons. The second-order valence-electron chi connectivity index (χ2n) is 4.96.